The summed E-state index contributed by atoms with van der Waals surface area (Å²) < 4.78 is 14.1. The molecule has 1 amide bonds. The molecule has 1 aliphatic heterocycles. The summed E-state index contributed by atoms with van der Waals surface area (Å²) in [4.78, 5) is 27.4. The molecule has 1 fully saturated rings. The number of amides is 1. The van der Waals surface area contributed by atoms with Gasteiger partial charge in [-0.3, -0.25) is 9.78 Å². The van der Waals surface area contributed by atoms with Gasteiger partial charge in [0.2, 0.25) is 5.91 Å². The van der Waals surface area contributed by atoms with E-state index in [0.717, 1.165) is 12.0 Å². The number of nitrogens with zero attached hydrogens (tertiary/aromatic N) is 4. The number of hydrogen-bond acceptors (Lipinski definition) is 6. The number of para-hydroxylation sites is 1. The Kier molecular flexibility index (Phi) is 4.89. The summed E-state index contributed by atoms with van der Waals surface area (Å²) in [5.41, 5.74) is 7.89. The smallest absolute Gasteiger partial charge is 0.249 e. The van der Waals surface area contributed by atoms with E-state index in [0.29, 0.717) is 46.8 Å². The number of nitrogens with two attached hydrogens (primary N) is 1. The molecule has 1 saturated heterocycles. The molecule has 32 heavy (non-hydrogen) atoms. The molecule has 1 atom stereocenters. The van der Waals surface area contributed by atoms with Crippen molar-refractivity contribution in [2.75, 3.05) is 18.0 Å². The number of carbonyl (C=O) groups is 1. The molecule has 8 heteroatoms. The van der Waals surface area contributed by atoms with Crippen molar-refractivity contribution < 1.29 is 14.3 Å². The highest BCUT2D eigenvalue weighted by Gasteiger charge is 2.29. The molecule has 1 aliphatic rings. The number of primary amides is 1. The Morgan fingerprint density at radius 2 is 2.00 bits per heavy atom. The first-order chi connectivity index (χ1) is 15.5. The number of aromatic hydroxyl groups is 1. The van der Waals surface area contributed by atoms with E-state index >= 15 is 0 Å². The third-order valence-corrected chi connectivity index (χ3v) is 5.83. The Hall–Kier alpha value is -4.07. The van der Waals surface area contributed by atoms with Crippen LogP contribution >= 0.6 is 0 Å². The number of hydrogen-bond donors (Lipinski definition) is 2. The maximum atomic E-state index is 14.1. The van der Waals surface area contributed by atoms with E-state index in [-0.39, 0.29) is 17.5 Å². The maximum Gasteiger partial charge on any atom is 0.249 e. The number of phenols is 1. The molecule has 0 spiro atoms. The normalized spacial score (nSPS) is 15.9. The first-order valence-electron chi connectivity index (χ1n) is 10.3. The number of halogens is 1. The largest absolute Gasteiger partial charge is 0.507 e. The van der Waals surface area contributed by atoms with Crippen molar-refractivity contribution in [3.8, 4) is 17.1 Å². The number of pyridine rings is 1. The fourth-order valence-electron chi connectivity index (χ4n) is 4.27. The monoisotopic (exact) mass is 429 g/mol. The fraction of sp³-hybridized carbons (Fsp3) is 0.167. The van der Waals surface area contributed by atoms with Gasteiger partial charge >= 0.3 is 0 Å². The van der Waals surface area contributed by atoms with E-state index in [1.165, 1.54) is 12.1 Å². The van der Waals surface area contributed by atoms with Crippen LogP contribution in [0.4, 0.5) is 10.2 Å². The van der Waals surface area contributed by atoms with Crippen molar-refractivity contribution in [1.29, 1.82) is 0 Å². The van der Waals surface area contributed by atoms with Crippen LogP contribution in [0, 0.1) is 5.82 Å². The predicted molar refractivity (Wildman–Crippen MR) is 119 cm³/mol. The molecule has 0 bridgehead atoms. The third kappa shape index (κ3) is 3.49. The Bertz CT molecular complexity index is 1340. The molecule has 160 valence electrons. The Balaban J connectivity index is 1.59. The van der Waals surface area contributed by atoms with Gasteiger partial charge in [0.1, 0.15) is 17.4 Å². The van der Waals surface area contributed by atoms with E-state index in [1.54, 1.807) is 48.8 Å². The molecular formula is C24H20FN5O2. The van der Waals surface area contributed by atoms with E-state index in [1.807, 2.05) is 0 Å². The molecule has 0 radical (unpaired) electrons. The number of anilines is 1. The summed E-state index contributed by atoms with van der Waals surface area (Å²) in [6.07, 6.45) is 3.99. The van der Waals surface area contributed by atoms with E-state index in [4.69, 9.17) is 10.7 Å². The predicted octanol–water partition coefficient (Wildman–Crippen LogP) is 3.63. The summed E-state index contributed by atoms with van der Waals surface area (Å²) in [5.74, 6) is 0.174. The van der Waals surface area contributed by atoms with E-state index in [2.05, 4.69) is 14.9 Å². The third-order valence-electron chi connectivity index (χ3n) is 5.83. The standard InChI is InChI=1S/C24H20FN5O2/c25-15-5-6-20-18(11-15)24(29-23(28-20)17-3-1-2-4-21(17)31)30-10-8-14(13-30)19-12-27-9-7-16(19)22(26)32/h1-7,9,11-12,14,31H,8,10,13H2,(H2,26,32)/t14-/m0/s1. The van der Waals surface area contributed by atoms with Gasteiger partial charge in [-0.05, 0) is 48.4 Å². The number of fused-ring (bicyclic) bond motifs is 1. The van der Waals surface area contributed by atoms with Gasteiger partial charge in [0.15, 0.2) is 5.82 Å². The zero-order chi connectivity index (χ0) is 22.2. The molecule has 2 aromatic heterocycles. The van der Waals surface area contributed by atoms with Gasteiger partial charge in [-0.15, -0.1) is 0 Å². The van der Waals surface area contributed by atoms with Crippen molar-refractivity contribution in [3.05, 3.63) is 77.9 Å². The van der Waals surface area contributed by atoms with Crippen LogP contribution in [-0.2, 0) is 0 Å². The molecule has 0 unspecified atom stereocenters. The first kappa shape index (κ1) is 19.9. The lowest BCUT2D eigenvalue weighted by Gasteiger charge is -2.21. The minimum Gasteiger partial charge on any atom is -0.507 e. The van der Waals surface area contributed by atoms with Crippen LogP contribution in [0.25, 0.3) is 22.3 Å². The van der Waals surface area contributed by atoms with Crippen LogP contribution in [0.2, 0.25) is 0 Å². The highest BCUT2D eigenvalue weighted by Crippen LogP contribution is 2.36. The number of rotatable bonds is 4. The van der Waals surface area contributed by atoms with Crippen molar-refractivity contribution in [3.63, 3.8) is 0 Å². The molecular weight excluding hydrogens is 409 g/mol. The van der Waals surface area contributed by atoms with Crippen LogP contribution in [0.3, 0.4) is 0 Å². The summed E-state index contributed by atoms with van der Waals surface area (Å²) in [6, 6.07) is 12.9. The lowest BCUT2D eigenvalue weighted by atomic mass is 9.95. The Morgan fingerprint density at radius 3 is 2.81 bits per heavy atom. The number of phenolic OH excluding ortho intramolecular Hbond substituents is 1. The molecule has 2 aromatic carbocycles. The summed E-state index contributed by atoms with van der Waals surface area (Å²) in [6.45, 7) is 1.22. The molecule has 7 nitrogen and oxygen atoms in total. The van der Waals surface area contributed by atoms with Crippen LogP contribution < -0.4 is 10.6 Å². The zero-order valence-corrected chi connectivity index (χ0v) is 17.1. The van der Waals surface area contributed by atoms with Gasteiger partial charge in [-0.1, -0.05) is 12.1 Å². The van der Waals surface area contributed by atoms with Gasteiger partial charge in [0, 0.05) is 42.4 Å². The topological polar surface area (TPSA) is 105 Å². The summed E-state index contributed by atoms with van der Waals surface area (Å²) >= 11 is 0. The van der Waals surface area contributed by atoms with Crippen molar-refractivity contribution in [1.82, 2.24) is 15.0 Å². The number of carbonyl (C=O) groups excluding carboxylic acids is 1. The zero-order valence-electron chi connectivity index (χ0n) is 17.1. The molecule has 5 rings (SSSR count). The second kappa shape index (κ2) is 7.88. The number of benzene rings is 2. The summed E-state index contributed by atoms with van der Waals surface area (Å²) in [7, 11) is 0. The van der Waals surface area contributed by atoms with Gasteiger partial charge in [-0.25, -0.2) is 14.4 Å². The van der Waals surface area contributed by atoms with Crippen molar-refractivity contribution in [2.24, 2.45) is 5.73 Å². The lowest BCUT2D eigenvalue weighted by molar-refractivity contribution is 0.0999. The SMILES string of the molecule is NC(=O)c1ccncc1[C@H]1CCN(c2nc(-c3ccccc3O)nc3ccc(F)cc23)C1. The molecule has 3 N–H and O–H groups in total. The maximum absolute atomic E-state index is 14.1. The molecule has 0 saturated carbocycles. The average molecular weight is 429 g/mol. The van der Waals surface area contributed by atoms with Crippen LogP contribution in [0.1, 0.15) is 28.3 Å². The van der Waals surface area contributed by atoms with Crippen LogP contribution in [0.15, 0.2) is 60.9 Å². The summed E-state index contributed by atoms with van der Waals surface area (Å²) in [5, 5.41) is 10.9. The lowest BCUT2D eigenvalue weighted by Crippen LogP contribution is -2.22. The van der Waals surface area contributed by atoms with Gasteiger partial charge in [-0.2, -0.15) is 0 Å². The first-order valence-corrected chi connectivity index (χ1v) is 10.3. The molecule has 4 aromatic rings. The van der Waals surface area contributed by atoms with Gasteiger partial charge in [0.25, 0.3) is 0 Å². The van der Waals surface area contributed by atoms with Gasteiger partial charge < -0.3 is 15.7 Å². The Morgan fingerprint density at radius 1 is 1.16 bits per heavy atom. The second-order valence-corrected chi connectivity index (χ2v) is 7.81. The Labute approximate surface area is 183 Å². The second-order valence-electron chi connectivity index (χ2n) is 7.81. The van der Waals surface area contributed by atoms with E-state index in [9.17, 15) is 14.3 Å². The highest BCUT2D eigenvalue weighted by atomic mass is 19.1. The van der Waals surface area contributed by atoms with Crippen LogP contribution in [-0.4, -0.2) is 39.1 Å². The molecule has 0 aliphatic carbocycles. The van der Waals surface area contributed by atoms with Crippen molar-refractivity contribution >= 4 is 22.6 Å². The quantitative estimate of drug-likeness (QED) is 0.513. The van der Waals surface area contributed by atoms with Crippen molar-refractivity contribution in [2.45, 2.75) is 12.3 Å². The fourth-order valence-corrected chi connectivity index (χ4v) is 4.27. The van der Waals surface area contributed by atoms with E-state index < -0.39 is 5.91 Å². The molecule has 3 heterocycles. The average Bonchev–Trinajstić information content (AvgIpc) is 3.29. The van der Waals surface area contributed by atoms with Gasteiger partial charge in [0.05, 0.1) is 11.1 Å². The minimum atomic E-state index is -0.489. The minimum absolute atomic E-state index is 0.0263. The highest BCUT2D eigenvalue weighted by molar-refractivity contribution is 5.94. The van der Waals surface area contributed by atoms with Crippen LogP contribution in [0.5, 0.6) is 5.75 Å². The number of aromatic nitrogens is 3.